The third kappa shape index (κ3) is 12.3. The van der Waals surface area contributed by atoms with Crippen LogP contribution in [-0.2, 0) is 37.2 Å². The second-order valence-electron chi connectivity index (χ2n) is 20.9. The Labute approximate surface area is 479 Å². The van der Waals surface area contributed by atoms with Gasteiger partial charge in [-0.2, -0.15) is 0 Å². The van der Waals surface area contributed by atoms with Crippen molar-refractivity contribution in [3.63, 3.8) is 0 Å². The monoisotopic (exact) mass is 1130 g/mol. The van der Waals surface area contributed by atoms with Crippen molar-refractivity contribution in [2.45, 2.75) is 90.0 Å². The first-order chi connectivity index (χ1) is 38.9. The van der Waals surface area contributed by atoms with Crippen LogP contribution < -0.4 is 34.9 Å². The van der Waals surface area contributed by atoms with Gasteiger partial charge in [-0.3, -0.25) is 19.6 Å². The number of pyridine rings is 4. The third-order valence-electron chi connectivity index (χ3n) is 14.4. The number of benzene rings is 4. The molecule has 12 rings (SSSR count). The molecule has 4 N–H and O–H groups in total. The van der Waals surface area contributed by atoms with Crippen LogP contribution in [0.25, 0.3) is 44.8 Å². The van der Waals surface area contributed by atoms with Gasteiger partial charge in [0.05, 0.1) is 22.2 Å². The predicted molar refractivity (Wildman–Crippen MR) is 313 cm³/mol. The molecule has 4 aliphatic rings. The number of amides is 2. The fourth-order valence-corrected chi connectivity index (χ4v) is 12.0. The van der Waals surface area contributed by atoms with Gasteiger partial charge in [-0.1, -0.05) is 74.0 Å². The largest absolute Gasteiger partial charge is 0.454 e. The Kier molecular flexibility index (Phi) is 17.2. The first-order valence-electron chi connectivity index (χ1n) is 26.9. The molecule has 2 amide bonds. The van der Waals surface area contributed by atoms with Crippen molar-refractivity contribution in [1.29, 1.82) is 0 Å². The Morgan fingerprint density at radius 3 is 1.65 bits per heavy atom. The van der Waals surface area contributed by atoms with Crippen molar-refractivity contribution in [1.82, 2.24) is 40.2 Å². The van der Waals surface area contributed by atoms with E-state index in [9.17, 15) is 18.9 Å². The van der Waals surface area contributed by atoms with E-state index in [1.165, 1.54) is 0 Å². The molecule has 0 saturated carbocycles. The van der Waals surface area contributed by atoms with Gasteiger partial charge in [0.2, 0.25) is 13.6 Å². The molecular formula is C63H63ClN8O8S. The van der Waals surface area contributed by atoms with E-state index in [2.05, 4.69) is 49.3 Å². The third-order valence-corrected chi connectivity index (χ3v) is 16.3. The maximum atomic E-state index is 13.8. The fraction of sp³-hybridized carbons (Fsp3) is 0.270. The van der Waals surface area contributed by atoms with Gasteiger partial charge in [-0.25, -0.2) is 18.5 Å². The minimum Gasteiger partial charge on any atom is -0.454 e. The normalized spacial score (nSPS) is 15.9. The molecule has 4 aromatic heterocycles. The second kappa shape index (κ2) is 24.8. The molecule has 0 bridgehead atoms. The SMILES string of the molecule is CCC[C@@H]1c2c(cc(C(=O)NCc3ccc4c(c3)OCO4)nc2-c2cccc(-c3cccnc3)c2)CN1[S@](=O)C(C)(C)C.Cl.O=C(NCc1ccc2c(c1)OCO2)c1cc2c(c(-c3cccc(-c4cccnc4)c3)n1)[C@@H](CCO)NC2. The lowest BCUT2D eigenvalue weighted by Gasteiger charge is -2.30. The molecular weight excluding hydrogens is 1060 g/mol. The Morgan fingerprint density at radius 1 is 0.642 bits per heavy atom. The van der Waals surface area contributed by atoms with Crippen LogP contribution in [-0.4, -0.2) is 70.3 Å². The van der Waals surface area contributed by atoms with E-state index in [0.29, 0.717) is 67.0 Å². The van der Waals surface area contributed by atoms with Crippen LogP contribution in [0.4, 0.5) is 0 Å². The number of aromatic nitrogens is 4. The molecule has 0 radical (unpaired) electrons. The van der Waals surface area contributed by atoms with Crippen LogP contribution in [0.1, 0.15) is 113 Å². The zero-order valence-corrected chi connectivity index (χ0v) is 47.1. The van der Waals surface area contributed by atoms with Crippen LogP contribution in [0.3, 0.4) is 0 Å². The van der Waals surface area contributed by atoms with Gasteiger partial charge < -0.3 is 40.0 Å². The summed E-state index contributed by atoms with van der Waals surface area (Å²) in [5.74, 6) is 2.24. The maximum Gasteiger partial charge on any atom is 0.270 e. The van der Waals surface area contributed by atoms with E-state index in [1.807, 2.05) is 142 Å². The number of carbonyl (C=O) groups is 2. The van der Waals surface area contributed by atoms with E-state index >= 15 is 0 Å². The van der Waals surface area contributed by atoms with E-state index in [0.717, 1.165) is 91.0 Å². The van der Waals surface area contributed by atoms with Crippen LogP contribution in [0.5, 0.6) is 23.0 Å². The summed E-state index contributed by atoms with van der Waals surface area (Å²) < 4.78 is 37.1. The molecule has 81 heavy (non-hydrogen) atoms. The lowest BCUT2D eigenvalue weighted by atomic mass is 9.93. The quantitative estimate of drug-likeness (QED) is 0.0757. The molecule has 0 unspecified atom stereocenters. The van der Waals surface area contributed by atoms with Crippen LogP contribution in [0.2, 0.25) is 0 Å². The number of carbonyl (C=O) groups excluding carboxylic acids is 2. The van der Waals surface area contributed by atoms with Crippen LogP contribution >= 0.6 is 12.4 Å². The molecule has 0 fully saturated rings. The minimum absolute atomic E-state index is 0. The number of fused-ring (bicyclic) bond motifs is 4. The van der Waals surface area contributed by atoms with Crippen molar-refractivity contribution in [3.8, 4) is 67.8 Å². The fourth-order valence-electron chi connectivity index (χ4n) is 10.6. The number of nitrogens with one attached hydrogen (secondary N) is 3. The van der Waals surface area contributed by atoms with E-state index in [-0.39, 0.29) is 56.5 Å². The van der Waals surface area contributed by atoms with E-state index in [1.54, 1.807) is 12.4 Å². The van der Waals surface area contributed by atoms with E-state index < -0.39 is 15.7 Å². The van der Waals surface area contributed by atoms with Gasteiger partial charge in [0.15, 0.2) is 23.0 Å². The number of aliphatic hydroxyl groups is 1. The van der Waals surface area contributed by atoms with Gasteiger partial charge in [-0.05, 0) is 133 Å². The highest BCUT2D eigenvalue weighted by atomic mass is 35.5. The molecule has 0 aliphatic carbocycles. The van der Waals surface area contributed by atoms with Gasteiger partial charge in [0.25, 0.3) is 11.8 Å². The van der Waals surface area contributed by atoms with Crippen molar-refractivity contribution in [3.05, 3.63) is 191 Å². The lowest BCUT2D eigenvalue weighted by Crippen LogP contribution is -2.36. The molecule has 18 heteroatoms. The van der Waals surface area contributed by atoms with Crippen molar-refractivity contribution >= 4 is 35.2 Å². The Balaban J connectivity index is 0.000000181. The number of hydrogen-bond acceptors (Lipinski definition) is 13. The molecule has 16 nitrogen and oxygen atoms in total. The smallest absolute Gasteiger partial charge is 0.270 e. The summed E-state index contributed by atoms with van der Waals surface area (Å²) in [7, 11) is -1.24. The van der Waals surface area contributed by atoms with Crippen molar-refractivity contribution in [2.75, 3.05) is 20.2 Å². The number of hydrogen-bond donors (Lipinski definition) is 4. The standard InChI is InChI=1S/C34H36N4O4S.C29H26N4O4.ClH/c1-5-8-28-31-26(20-38(28)43(40)34(2,3)4)17-27(33(39)36-18-22-12-13-29-30(15-22)42-21-41-29)37-32(31)24-10-6-9-23(16-24)25-11-7-14-35-19-25;34-10-8-23-27-22(16-31-23)13-24(29(35)32-14-18-6-7-25-26(11-18)37-17-36-25)33-28(27)20-4-1-3-19(12-20)21-5-2-9-30-15-21;/h6-7,9-17,19,28H,5,8,18,20-21H2,1-4H3,(H,36,39);1-7,9,11-13,15,23,31,34H,8,10,14,16-17H2,(H,32,35);1H/t28-,43-;23-;/m11./s1. The zero-order valence-electron chi connectivity index (χ0n) is 45.4. The van der Waals surface area contributed by atoms with Crippen LogP contribution in [0.15, 0.2) is 146 Å². The summed E-state index contributed by atoms with van der Waals surface area (Å²) in [6, 6.07) is 39.0. The molecule has 8 aromatic rings. The van der Waals surface area contributed by atoms with Gasteiger partial charge in [0, 0.05) is 91.4 Å². The molecule has 0 saturated heterocycles. The highest BCUT2D eigenvalue weighted by Gasteiger charge is 2.40. The summed E-state index contributed by atoms with van der Waals surface area (Å²) in [6.07, 6.45) is 9.50. The summed E-state index contributed by atoms with van der Waals surface area (Å²) >= 11 is 0. The Morgan fingerprint density at radius 2 is 1.15 bits per heavy atom. The average Bonchev–Trinajstić information content (AvgIpc) is 4.34. The lowest BCUT2D eigenvalue weighted by molar-refractivity contribution is 0.0938. The molecule has 4 aromatic carbocycles. The van der Waals surface area contributed by atoms with Crippen molar-refractivity contribution in [2.24, 2.45) is 0 Å². The number of nitrogens with zero attached hydrogens (tertiary/aromatic N) is 5. The summed E-state index contributed by atoms with van der Waals surface area (Å²) in [4.78, 5) is 45.2. The molecule has 416 valence electrons. The first-order valence-corrected chi connectivity index (χ1v) is 28.0. The summed E-state index contributed by atoms with van der Waals surface area (Å²) in [6.45, 7) is 10.4. The maximum absolute atomic E-state index is 13.8. The first kappa shape index (κ1) is 56.2. The topological polar surface area (TPSA) is 199 Å². The number of halogens is 1. The zero-order chi connectivity index (χ0) is 55.3. The summed E-state index contributed by atoms with van der Waals surface area (Å²) in [5.41, 5.74) is 13.9. The highest BCUT2D eigenvalue weighted by molar-refractivity contribution is 7.84. The Hall–Kier alpha value is -8.06. The van der Waals surface area contributed by atoms with Crippen LogP contribution in [0, 0.1) is 0 Å². The number of rotatable bonds is 15. The van der Waals surface area contributed by atoms with Gasteiger partial charge in [-0.15, -0.1) is 12.4 Å². The average molecular weight is 1130 g/mol. The highest BCUT2D eigenvalue weighted by Crippen LogP contribution is 2.45. The second-order valence-corrected chi connectivity index (χ2v) is 23.1. The van der Waals surface area contributed by atoms with Gasteiger partial charge in [0.1, 0.15) is 22.4 Å². The molecule has 4 aliphatic heterocycles. The minimum atomic E-state index is -1.24. The summed E-state index contributed by atoms with van der Waals surface area (Å²) in [5, 5.41) is 19.1. The number of aliphatic hydroxyl groups excluding tert-OH is 1. The van der Waals surface area contributed by atoms with Gasteiger partial charge >= 0.3 is 0 Å². The predicted octanol–water partition coefficient (Wildman–Crippen LogP) is 11.0. The van der Waals surface area contributed by atoms with Crippen molar-refractivity contribution < 1.29 is 37.9 Å². The molecule has 3 atom stereocenters. The Bertz CT molecular complexity index is 3620. The molecule has 8 heterocycles. The number of ether oxygens (including phenoxy) is 4. The molecule has 0 spiro atoms. The van der Waals surface area contributed by atoms with E-state index in [4.69, 9.17) is 28.9 Å².